The third kappa shape index (κ3) is 10.9. The Bertz CT molecular complexity index is 1670. The molecule has 324 valence electrons. The second kappa shape index (κ2) is 18.9. The molecule has 0 radical (unpaired) electrons. The van der Waals surface area contributed by atoms with Gasteiger partial charge in [-0.05, 0) is 89.7 Å². The predicted octanol–water partition coefficient (Wildman–Crippen LogP) is 5.49. The number of allylic oxidation sites excluding steroid dienone is 1. The smallest absolute Gasteiger partial charge is 0.347 e. The second-order valence-corrected chi connectivity index (χ2v) is 17.7. The minimum absolute atomic E-state index is 0.0931. The van der Waals surface area contributed by atoms with Crippen molar-refractivity contribution in [1.82, 2.24) is 0 Å². The Kier molecular flexibility index (Phi) is 15.7. The van der Waals surface area contributed by atoms with E-state index < -0.39 is 88.9 Å². The highest BCUT2D eigenvalue weighted by Gasteiger charge is 2.87. The maximum atomic E-state index is 14.9. The molecule has 0 unspecified atom stereocenters. The van der Waals surface area contributed by atoms with Crippen LogP contribution >= 0.6 is 0 Å². The van der Waals surface area contributed by atoms with E-state index in [1.54, 1.807) is 6.08 Å². The summed E-state index contributed by atoms with van der Waals surface area (Å²) < 4.78 is 41.0. The number of aliphatic hydroxyl groups is 2. The Labute approximate surface area is 342 Å². The molecule has 14 heteroatoms. The molecule has 2 fully saturated rings. The molecule has 2 N–H and O–H groups in total. The largest absolute Gasteiger partial charge is 0.467 e. The van der Waals surface area contributed by atoms with Crippen LogP contribution in [0.5, 0.6) is 0 Å². The van der Waals surface area contributed by atoms with E-state index in [-0.39, 0.29) is 23.8 Å². The van der Waals surface area contributed by atoms with Gasteiger partial charge in [0, 0.05) is 19.4 Å². The average Bonchev–Trinajstić information content (AvgIpc) is 3.35. The van der Waals surface area contributed by atoms with Crippen LogP contribution in [-0.2, 0) is 63.6 Å². The van der Waals surface area contributed by atoms with E-state index in [0.29, 0.717) is 12.3 Å². The summed E-state index contributed by atoms with van der Waals surface area (Å²) in [7, 11) is 0.962. The molecule has 2 saturated heterocycles. The van der Waals surface area contributed by atoms with Crippen molar-refractivity contribution < 1.29 is 67.3 Å². The molecule has 0 amide bonds. The van der Waals surface area contributed by atoms with Crippen molar-refractivity contribution in [3.63, 3.8) is 0 Å². The van der Waals surface area contributed by atoms with Gasteiger partial charge in [-0.25, -0.2) is 19.2 Å². The van der Waals surface area contributed by atoms with E-state index in [1.165, 1.54) is 41.5 Å². The summed E-state index contributed by atoms with van der Waals surface area (Å²) in [5.74, 6) is -8.97. The van der Waals surface area contributed by atoms with Gasteiger partial charge in [-0.2, -0.15) is 0 Å². The number of hydrogen-bond acceptors (Lipinski definition) is 14. The monoisotopic (exact) mass is 816 g/mol. The summed E-state index contributed by atoms with van der Waals surface area (Å²) >= 11 is 0. The fourth-order valence-corrected chi connectivity index (χ4v) is 7.30. The average molecular weight is 817 g/mol. The van der Waals surface area contributed by atoms with Crippen LogP contribution in [0.1, 0.15) is 107 Å². The van der Waals surface area contributed by atoms with E-state index in [2.05, 4.69) is 13.5 Å². The highest BCUT2D eigenvalue weighted by molar-refractivity contribution is 6.00. The minimum Gasteiger partial charge on any atom is -0.467 e. The van der Waals surface area contributed by atoms with Crippen molar-refractivity contribution in [2.75, 3.05) is 7.11 Å². The summed E-state index contributed by atoms with van der Waals surface area (Å²) in [6, 6.07) is 9.50. The Morgan fingerprint density at radius 3 is 2.05 bits per heavy atom. The van der Waals surface area contributed by atoms with Crippen LogP contribution < -0.4 is 0 Å². The van der Waals surface area contributed by atoms with Crippen LogP contribution in [0.15, 0.2) is 54.6 Å². The normalized spacial score (nSPS) is 27.8. The molecule has 0 aliphatic carbocycles. The Balaban J connectivity index is 2.31. The molecule has 10 atom stereocenters. The van der Waals surface area contributed by atoms with Crippen molar-refractivity contribution in [2.45, 2.75) is 161 Å². The fourth-order valence-electron chi connectivity index (χ4n) is 7.30. The molecule has 2 aliphatic heterocycles. The van der Waals surface area contributed by atoms with E-state index in [4.69, 9.17) is 33.2 Å². The van der Waals surface area contributed by atoms with Gasteiger partial charge in [0.25, 0.3) is 5.60 Å². The topological polar surface area (TPSA) is 190 Å². The van der Waals surface area contributed by atoms with Gasteiger partial charge in [0.1, 0.15) is 11.2 Å². The summed E-state index contributed by atoms with van der Waals surface area (Å²) in [5.41, 5.74) is -8.13. The zero-order valence-electron chi connectivity index (χ0n) is 36.1. The number of aliphatic hydroxyl groups excluding tert-OH is 1. The lowest BCUT2D eigenvalue weighted by atomic mass is 9.74. The number of methoxy groups -OCH3 is 1. The number of ether oxygens (including phenoxy) is 7. The minimum atomic E-state index is -3.51. The van der Waals surface area contributed by atoms with Crippen molar-refractivity contribution in [2.24, 2.45) is 17.8 Å². The molecular weight excluding hydrogens is 752 g/mol. The SMILES string of the molecule is C=C(CC[C@]12O[C@H](C(=O)OC)[C@@](O)(C(=O)OC(C)(C)C)[C@](C(=O)OC(C)(C)C)(O1)[C@H](OC(=O)/C=C/[C@@H](C)C[C@@H](C)CC)[C@H]2OC(C)=O)[C@@H](O)[C@H](C)Cc1ccccc1. The van der Waals surface area contributed by atoms with Crippen LogP contribution in [-0.4, -0.2) is 99.8 Å². The third-order valence-corrected chi connectivity index (χ3v) is 10.3. The van der Waals surface area contributed by atoms with Crippen LogP contribution in [0.3, 0.4) is 0 Å². The molecule has 2 aliphatic rings. The molecule has 3 rings (SSSR count). The molecule has 2 bridgehead atoms. The number of hydrogen-bond donors (Lipinski definition) is 2. The number of fused-ring (bicyclic) bond motifs is 2. The zero-order valence-corrected chi connectivity index (χ0v) is 36.1. The Morgan fingerprint density at radius 2 is 1.52 bits per heavy atom. The first-order valence-corrected chi connectivity index (χ1v) is 19.9. The lowest BCUT2D eigenvalue weighted by Gasteiger charge is -2.50. The fraction of sp³-hybridized carbons (Fsp3) is 0.659. The number of benzene rings is 1. The molecule has 2 heterocycles. The third-order valence-electron chi connectivity index (χ3n) is 10.3. The van der Waals surface area contributed by atoms with E-state index in [0.717, 1.165) is 38.5 Å². The summed E-state index contributed by atoms with van der Waals surface area (Å²) in [5, 5.41) is 24.3. The van der Waals surface area contributed by atoms with Gasteiger partial charge < -0.3 is 43.4 Å². The van der Waals surface area contributed by atoms with Gasteiger partial charge in [-0.15, -0.1) is 0 Å². The van der Waals surface area contributed by atoms with Gasteiger partial charge in [-0.1, -0.05) is 77.1 Å². The first-order chi connectivity index (χ1) is 26.8. The highest BCUT2D eigenvalue weighted by Crippen LogP contribution is 2.58. The summed E-state index contributed by atoms with van der Waals surface area (Å²) in [6.45, 7) is 21.9. The van der Waals surface area contributed by atoms with Gasteiger partial charge in [-0.3, -0.25) is 4.79 Å². The van der Waals surface area contributed by atoms with E-state index >= 15 is 0 Å². The van der Waals surface area contributed by atoms with Gasteiger partial charge in [0.2, 0.25) is 17.5 Å². The molecule has 0 aromatic heterocycles. The Hall–Kier alpha value is -4.11. The number of carbonyl (C=O) groups excluding carboxylic acids is 5. The summed E-state index contributed by atoms with van der Waals surface area (Å²) in [4.78, 5) is 70.0. The van der Waals surface area contributed by atoms with Gasteiger partial charge in [0.05, 0.1) is 13.2 Å². The maximum absolute atomic E-state index is 14.9. The number of esters is 5. The lowest BCUT2D eigenvalue weighted by molar-refractivity contribution is -0.377. The molecule has 58 heavy (non-hydrogen) atoms. The summed E-state index contributed by atoms with van der Waals surface area (Å²) in [6.07, 6.45) is -3.37. The van der Waals surface area contributed by atoms with E-state index in [1.807, 2.05) is 51.1 Å². The molecule has 1 aromatic carbocycles. The van der Waals surface area contributed by atoms with Crippen LogP contribution in [0.4, 0.5) is 0 Å². The van der Waals surface area contributed by atoms with E-state index in [9.17, 15) is 34.2 Å². The standard InChI is InChI=1S/C44H64O14/c1-14-26(2)24-27(3)20-21-32(46)54-35-34(53-30(6)45)42(23-22-28(4)33(47)29(5)25-31-18-16-15-17-19-31)55-36(37(48)52-13)43(51,38(49)56-40(7,8)9)44(35,58-42)39(50)57-41(10,11)12/h15-21,26-27,29,33-36,47,51H,4,14,22-25H2,1-3,5-13H3/b21-20+/t26-,27+,29+,33+,34+,35+,36+,42-,43+,44-/m0/s1. The zero-order chi connectivity index (χ0) is 44.0. The first-order valence-electron chi connectivity index (χ1n) is 19.9. The molecule has 0 spiro atoms. The van der Waals surface area contributed by atoms with Crippen molar-refractivity contribution in [1.29, 1.82) is 0 Å². The van der Waals surface area contributed by atoms with Crippen molar-refractivity contribution in [3.05, 3.63) is 60.2 Å². The second-order valence-electron chi connectivity index (χ2n) is 17.7. The predicted molar refractivity (Wildman–Crippen MR) is 212 cm³/mol. The highest BCUT2D eigenvalue weighted by atomic mass is 16.8. The number of rotatable bonds is 17. The van der Waals surface area contributed by atoms with Crippen molar-refractivity contribution in [3.8, 4) is 0 Å². The lowest BCUT2D eigenvalue weighted by Crippen LogP contribution is -2.79. The molecule has 1 aromatic rings. The molecule has 14 nitrogen and oxygen atoms in total. The maximum Gasteiger partial charge on any atom is 0.347 e. The van der Waals surface area contributed by atoms with Crippen LogP contribution in [0.2, 0.25) is 0 Å². The first kappa shape index (κ1) is 48.3. The van der Waals surface area contributed by atoms with Crippen molar-refractivity contribution >= 4 is 29.8 Å². The van der Waals surface area contributed by atoms with Gasteiger partial charge >= 0.3 is 29.8 Å². The number of carbonyl (C=O) groups is 5. The van der Waals surface area contributed by atoms with Gasteiger partial charge in [0.15, 0.2) is 12.2 Å². The molecular formula is C44H64O14. The van der Waals surface area contributed by atoms with Crippen LogP contribution in [0.25, 0.3) is 0 Å². The van der Waals surface area contributed by atoms with Crippen LogP contribution in [0, 0.1) is 17.8 Å². The Morgan fingerprint density at radius 1 is 0.931 bits per heavy atom. The quantitative estimate of drug-likeness (QED) is 0.0869. The molecule has 0 saturated carbocycles.